The minimum Gasteiger partial charge on any atom is -0.489 e. The number of sulfonamides is 1. The van der Waals surface area contributed by atoms with Crippen molar-refractivity contribution in [3.05, 3.63) is 53.1 Å². The van der Waals surface area contributed by atoms with Gasteiger partial charge in [0.2, 0.25) is 5.09 Å². The highest BCUT2D eigenvalue weighted by Gasteiger charge is 2.32. The molecule has 3 heterocycles. The summed E-state index contributed by atoms with van der Waals surface area (Å²) in [5, 5.41) is 8.92. The molecule has 8 heteroatoms. The van der Waals surface area contributed by atoms with E-state index >= 15 is 0 Å². The lowest BCUT2D eigenvalue weighted by molar-refractivity contribution is 0.315. The molecule has 3 aromatic rings. The fourth-order valence-corrected chi connectivity index (χ4v) is 5.02. The molecule has 0 bridgehead atoms. The molecular weight excluding hydrogens is 372 g/mol. The second-order valence-electron chi connectivity index (χ2n) is 5.75. The average molecular weight is 386 g/mol. The van der Waals surface area contributed by atoms with Crippen molar-refractivity contribution in [3.63, 3.8) is 0 Å². The van der Waals surface area contributed by atoms with E-state index in [9.17, 15) is 8.42 Å². The van der Waals surface area contributed by atoms with Crippen LogP contribution >= 0.6 is 11.3 Å². The van der Waals surface area contributed by atoms with Crippen LogP contribution in [0.3, 0.4) is 0 Å². The maximum atomic E-state index is 13.0. The normalized spacial score (nSPS) is 13.8. The van der Waals surface area contributed by atoms with Gasteiger partial charge in [-0.25, -0.2) is 0 Å². The van der Waals surface area contributed by atoms with Crippen molar-refractivity contribution in [3.8, 4) is 22.3 Å². The molecule has 132 valence electrons. The van der Waals surface area contributed by atoms with E-state index in [4.69, 9.17) is 14.4 Å². The highest BCUT2D eigenvalue weighted by molar-refractivity contribution is 7.92. The summed E-state index contributed by atoms with van der Waals surface area (Å²) in [5.41, 5.74) is 1.30. The lowest BCUT2D eigenvalue weighted by Gasteiger charge is -2.30. The van der Waals surface area contributed by atoms with Crippen LogP contribution in [0.5, 0.6) is 5.75 Å². The molecule has 1 aliphatic rings. The van der Waals surface area contributed by atoms with Crippen LogP contribution in [0.2, 0.25) is 0 Å². The third kappa shape index (κ3) is 2.75. The van der Waals surface area contributed by atoms with Gasteiger partial charge in [0.1, 0.15) is 29.1 Å². The number of aryl methyl sites for hydroxylation is 1. The van der Waals surface area contributed by atoms with Crippen LogP contribution in [-0.4, -0.2) is 21.6 Å². The van der Waals surface area contributed by atoms with E-state index < -0.39 is 10.0 Å². The Morgan fingerprint density at radius 2 is 2.04 bits per heavy atom. The van der Waals surface area contributed by atoms with Gasteiger partial charge in [-0.1, -0.05) is 0 Å². The smallest absolute Gasteiger partial charge is 0.298 e. The van der Waals surface area contributed by atoms with Crippen molar-refractivity contribution in [1.82, 2.24) is 0 Å². The molecule has 0 radical (unpaired) electrons. The number of anilines is 1. The van der Waals surface area contributed by atoms with E-state index in [0.29, 0.717) is 22.1 Å². The number of nitrogens with zero attached hydrogens (tertiary/aromatic N) is 2. The first-order valence-corrected chi connectivity index (χ1v) is 10.1. The zero-order valence-corrected chi connectivity index (χ0v) is 15.4. The number of hydrogen-bond donors (Lipinski definition) is 0. The fourth-order valence-electron chi connectivity index (χ4n) is 2.81. The molecule has 0 aliphatic carbocycles. The Bertz CT molecular complexity index is 1120. The van der Waals surface area contributed by atoms with Gasteiger partial charge in [0.15, 0.2) is 0 Å². The molecule has 1 aromatic carbocycles. The second kappa shape index (κ2) is 6.20. The number of fused-ring (bicyclic) bond motifs is 1. The summed E-state index contributed by atoms with van der Waals surface area (Å²) in [7, 11) is -3.82. The number of nitriles is 1. The summed E-state index contributed by atoms with van der Waals surface area (Å²) in [4.78, 5) is 1.49. The number of furan rings is 1. The molecule has 0 unspecified atom stereocenters. The minimum absolute atomic E-state index is 0.0869. The van der Waals surface area contributed by atoms with E-state index in [0.717, 1.165) is 10.4 Å². The van der Waals surface area contributed by atoms with E-state index in [1.807, 2.05) is 12.1 Å². The summed E-state index contributed by atoms with van der Waals surface area (Å²) in [6, 6.07) is 14.2. The van der Waals surface area contributed by atoms with Gasteiger partial charge in [-0.2, -0.15) is 13.7 Å². The van der Waals surface area contributed by atoms with Crippen molar-refractivity contribution in [2.75, 3.05) is 17.5 Å². The third-order valence-electron chi connectivity index (χ3n) is 4.04. The first-order chi connectivity index (χ1) is 12.5. The quantitative estimate of drug-likeness (QED) is 0.684. The van der Waals surface area contributed by atoms with E-state index in [2.05, 4.69) is 6.07 Å². The minimum atomic E-state index is -3.82. The Morgan fingerprint density at radius 1 is 1.19 bits per heavy atom. The lowest BCUT2D eigenvalue weighted by atomic mass is 10.1. The molecule has 4 rings (SSSR count). The standard InChI is InChI=1S/C18H14N2O4S2/c1-12-2-7-18(24-12)26(21,22)20-8-9-23-16-5-3-13(10-15(16)20)17-6-4-14(11-19)25-17/h2-7,10H,8-9H2,1H3. The molecular formula is C18H14N2O4S2. The molecule has 1 aliphatic heterocycles. The molecule has 0 amide bonds. The van der Waals surface area contributed by atoms with E-state index in [-0.39, 0.29) is 18.2 Å². The van der Waals surface area contributed by atoms with Gasteiger partial charge >= 0.3 is 0 Å². The van der Waals surface area contributed by atoms with Gasteiger partial charge in [0.25, 0.3) is 10.0 Å². The van der Waals surface area contributed by atoms with Crippen LogP contribution in [0.4, 0.5) is 5.69 Å². The number of thiophene rings is 1. The van der Waals surface area contributed by atoms with Gasteiger partial charge in [-0.3, -0.25) is 4.31 Å². The molecule has 0 spiro atoms. The largest absolute Gasteiger partial charge is 0.489 e. The van der Waals surface area contributed by atoms with Gasteiger partial charge in [0, 0.05) is 4.88 Å². The predicted octanol–water partition coefficient (Wildman–Crippen LogP) is 3.78. The first-order valence-electron chi connectivity index (χ1n) is 7.85. The lowest BCUT2D eigenvalue weighted by Crippen LogP contribution is -2.37. The van der Waals surface area contributed by atoms with Crippen molar-refractivity contribution in [2.24, 2.45) is 0 Å². The second-order valence-corrected chi connectivity index (χ2v) is 8.63. The Labute approximate surface area is 154 Å². The molecule has 0 saturated heterocycles. The van der Waals surface area contributed by atoms with Crippen molar-refractivity contribution >= 4 is 27.0 Å². The van der Waals surface area contributed by atoms with Crippen LogP contribution in [0.15, 0.2) is 52.0 Å². The summed E-state index contributed by atoms with van der Waals surface area (Å²) >= 11 is 1.36. The van der Waals surface area contributed by atoms with Crippen LogP contribution < -0.4 is 9.04 Å². The fraction of sp³-hybridized carbons (Fsp3) is 0.167. The zero-order chi connectivity index (χ0) is 18.3. The maximum absolute atomic E-state index is 13.0. The van der Waals surface area contributed by atoms with Crippen LogP contribution in [0.25, 0.3) is 10.4 Å². The highest BCUT2D eigenvalue weighted by Crippen LogP contribution is 2.40. The van der Waals surface area contributed by atoms with Crippen LogP contribution in [-0.2, 0) is 10.0 Å². The highest BCUT2D eigenvalue weighted by atomic mass is 32.2. The summed E-state index contributed by atoms with van der Waals surface area (Å²) in [5.74, 6) is 1.04. The van der Waals surface area contributed by atoms with Gasteiger partial charge < -0.3 is 9.15 Å². The van der Waals surface area contributed by atoms with E-state index in [1.54, 1.807) is 31.2 Å². The molecule has 0 fully saturated rings. The monoisotopic (exact) mass is 386 g/mol. The summed E-state index contributed by atoms with van der Waals surface area (Å²) in [6.45, 7) is 2.17. The topological polar surface area (TPSA) is 83.5 Å². The molecule has 0 N–H and O–H groups in total. The molecule has 2 aromatic heterocycles. The number of ether oxygens (including phenoxy) is 1. The number of benzene rings is 1. The molecule has 26 heavy (non-hydrogen) atoms. The van der Waals surface area contributed by atoms with Crippen LogP contribution in [0, 0.1) is 18.3 Å². The molecule has 0 atom stereocenters. The van der Waals surface area contributed by atoms with E-state index in [1.165, 1.54) is 21.7 Å². The maximum Gasteiger partial charge on any atom is 0.298 e. The van der Waals surface area contributed by atoms with Gasteiger partial charge in [-0.15, -0.1) is 11.3 Å². The predicted molar refractivity (Wildman–Crippen MR) is 97.9 cm³/mol. The zero-order valence-electron chi connectivity index (χ0n) is 13.8. The van der Waals surface area contributed by atoms with Gasteiger partial charge in [-0.05, 0) is 55.0 Å². The van der Waals surface area contributed by atoms with Crippen molar-refractivity contribution < 1.29 is 17.6 Å². The molecule has 0 saturated carbocycles. The summed E-state index contributed by atoms with van der Waals surface area (Å²) in [6.07, 6.45) is 0. The summed E-state index contributed by atoms with van der Waals surface area (Å²) < 4.78 is 38.3. The number of rotatable bonds is 3. The first kappa shape index (κ1) is 16.7. The Morgan fingerprint density at radius 3 is 2.73 bits per heavy atom. The Kier molecular flexibility index (Phi) is 3.98. The number of hydrogen-bond acceptors (Lipinski definition) is 6. The van der Waals surface area contributed by atoms with Gasteiger partial charge in [0.05, 0.1) is 12.2 Å². The SMILES string of the molecule is Cc1ccc(S(=O)(=O)N2CCOc3ccc(-c4ccc(C#N)s4)cc32)o1. The van der Waals surface area contributed by atoms with Crippen LogP contribution in [0.1, 0.15) is 10.6 Å². The van der Waals surface area contributed by atoms with Crippen molar-refractivity contribution in [2.45, 2.75) is 12.0 Å². The van der Waals surface area contributed by atoms with Crippen molar-refractivity contribution in [1.29, 1.82) is 5.26 Å². The molecule has 6 nitrogen and oxygen atoms in total. The Balaban J connectivity index is 1.80. The average Bonchev–Trinajstić information content (AvgIpc) is 3.30. The Hall–Kier alpha value is -2.76. The third-order valence-corrected chi connectivity index (χ3v) is 6.77.